The fraction of sp³-hybridized carbons (Fsp3) is 0.333. The summed E-state index contributed by atoms with van der Waals surface area (Å²) in [6.07, 6.45) is -0.753. The maximum absolute atomic E-state index is 6.71. The van der Waals surface area contributed by atoms with Crippen LogP contribution in [-0.2, 0) is 50.1 Å². The molecular formula is C36H40O5. The van der Waals surface area contributed by atoms with Crippen molar-refractivity contribution in [3.8, 4) is 0 Å². The Bertz CT molecular complexity index is 1250. The van der Waals surface area contributed by atoms with E-state index in [1.165, 1.54) is 0 Å². The van der Waals surface area contributed by atoms with Crippen molar-refractivity contribution < 1.29 is 23.7 Å². The molecule has 4 aromatic carbocycles. The Morgan fingerprint density at radius 3 is 1.24 bits per heavy atom. The Balaban J connectivity index is 1.38. The summed E-state index contributed by atoms with van der Waals surface area (Å²) >= 11 is 0. The van der Waals surface area contributed by atoms with Gasteiger partial charge in [0.15, 0.2) is 0 Å². The molecule has 1 heterocycles. The van der Waals surface area contributed by atoms with Crippen LogP contribution in [0.4, 0.5) is 0 Å². The van der Waals surface area contributed by atoms with Crippen molar-refractivity contribution in [2.24, 2.45) is 0 Å². The molecule has 1 aliphatic rings. The molecule has 0 aliphatic carbocycles. The van der Waals surface area contributed by atoms with Crippen LogP contribution in [-0.4, -0.2) is 37.1 Å². The van der Waals surface area contributed by atoms with Crippen LogP contribution < -0.4 is 0 Å². The predicted octanol–water partition coefficient (Wildman–Crippen LogP) is 7.14. The Labute approximate surface area is 244 Å². The van der Waals surface area contributed by atoms with Gasteiger partial charge in [-0.1, -0.05) is 128 Å². The Kier molecular flexibility index (Phi) is 11.1. The highest BCUT2D eigenvalue weighted by Crippen LogP contribution is 2.32. The first kappa shape index (κ1) is 29.2. The van der Waals surface area contributed by atoms with Crippen LogP contribution in [0.5, 0.6) is 0 Å². The molecule has 5 heteroatoms. The second-order valence-electron chi connectivity index (χ2n) is 10.4. The van der Waals surface area contributed by atoms with E-state index in [9.17, 15) is 0 Å². The molecule has 4 aromatic rings. The minimum Gasteiger partial charge on any atom is -0.374 e. The van der Waals surface area contributed by atoms with E-state index in [0.717, 1.165) is 28.7 Å². The first-order chi connectivity index (χ1) is 20.3. The van der Waals surface area contributed by atoms with Gasteiger partial charge in [0, 0.05) is 0 Å². The topological polar surface area (TPSA) is 46.2 Å². The molecule has 0 aromatic heterocycles. The van der Waals surface area contributed by atoms with Gasteiger partial charge in [-0.25, -0.2) is 0 Å². The van der Waals surface area contributed by atoms with Crippen molar-refractivity contribution in [3.63, 3.8) is 0 Å². The quantitative estimate of drug-likeness (QED) is 0.166. The molecule has 1 saturated heterocycles. The average Bonchev–Trinajstić information content (AvgIpc) is 3.04. The minimum atomic E-state index is -0.390. The zero-order chi connectivity index (χ0) is 28.1. The van der Waals surface area contributed by atoms with E-state index in [2.05, 4.69) is 55.5 Å². The number of ether oxygens (including phenoxy) is 5. The van der Waals surface area contributed by atoms with Crippen molar-refractivity contribution >= 4 is 0 Å². The second-order valence-corrected chi connectivity index (χ2v) is 10.4. The summed E-state index contributed by atoms with van der Waals surface area (Å²) in [7, 11) is 0. The monoisotopic (exact) mass is 552 g/mol. The van der Waals surface area contributed by atoms with Crippen molar-refractivity contribution in [1.82, 2.24) is 0 Å². The van der Waals surface area contributed by atoms with Crippen LogP contribution in [0, 0.1) is 0 Å². The Morgan fingerprint density at radius 1 is 0.463 bits per heavy atom. The van der Waals surface area contributed by atoms with Crippen LogP contribution >= 0.6 is 0 Å². The minimum absolute atomic E-state index is 0.165. The van der Waals surface area contributed by atoms with E-state index in [-0.39, 0.29) is 24.4 Å². The lowest BCUT2D eigenvalue weighted by Crippen LogP contribution is -2.61. The van der Waals surface area contributed by atoms with Crippen LogP contribution in [0.25, 0.3) is 0 Å². The highest BCUT2D eigenvalue weighted by atomic mass is 16.6. The van der Waals surface area contributed by atoms with Gasteiger partial charge in [0.1, 0.15) is 24.4 Å². The van der Waals surface area contributed by atoms with E-state index in [0.29, 0.717) is 33.0 Å². The summed E-state index contributed by atoms with van der Waals surface area (Å²) < 4.78 is 32.9. The van der Waals surface area contributed by atoms with Gasteiger partial charge in [0.05, 0.1) is 39.1 Å². The summed E-state index contributed by atoms with van der Waals surface area (Å²) in [6.45, 7) is 4.39. The average molecular weight is 553 g/mol. The molecule has 0 saturated carbocycles. The molecule has 0 unspecified atom stereocenters. The van der Waals surface area contributed by atoms with E-state index in [1.54, 1.807) is 0 Å². The molecule has 0 N–H and O–H groups in total. The molecule has 5 atom stereocenters. The normalized spacial score (nSPS) is 22.4. The Hall–Kier alpha value is -3.32. The highest BCUT2D eigenvalue weighted by molar-refractivity contribution is 5.16. The lowest BCUT2D eigenvalue weighted by atomic mass is 9.92. The number of hydrogen-bond donors (Lipinski definition) is 0. The SMILES string of the molecule is CC[C@@H]1O[C@H](COCc2ccccc2)[C@@H](OCc2ccccc2)[C@H](OCc2ccccc2)[C@H]1OCc1ccccc1. The molecule has 0 radical (unpaired) electrons. The van der Waals surface area contributed by atoms with Crippen LogP contribution in [0.15, 0.2) is 121 Å². The molecule has 5 rings (SSSR count). The molecule has 214 valence electrons. The maximum Gasteiger partial charge on any atom is 0.115 e. The Morgan fingerprint density at radius 2 is 0.829 bits per heavy atom. The van der Waals surface area contributed by atoms with E-state index in [1.807, 2.05) is 72.8 Å². The fourth-order valence-electron chi connectivity index (χ4n) is 5.21. The molecule has 5 nitrogen and oxygen atoms in total. The van der Waals surface area contributed by atoms with Gasteiger partial charge in [-0.3, -0.25) is 0 Å². The van der Waals surface area contributed by atoms with Crippen molar-refractivity contribution in [1.29, 1.82) is 0 Å². The smallest absolute Gasteiger partial charge is 0.115 e. The highest BCUT2D eigenvalue weighted by Gasteiger charge is 2.47. The van der Waals surface area contributed by atoms with Gasteiger partial charge >= 0.3 is 0 Å². The van der Waals surface area contributed by atoms with Gasteiger partial charge in [0.25, 0.3) is 0 Å². The van der Waals surface area contributed by atoms with Gasteiger partial charge in [-0.2, -0.15) is 0 Å². The molecule has 1 fully saturated rings. The van der Waals surface area contributed by atoms with Crippen LogP contribution in [0.2, 0.25) is 0 Å². The predicted molar refractivity (Wildman–Crippen MR) is 160 cm³/mol. The van der Waals surface area contributed by atoms with Crippen molar-refractivity contribution in [2.45, 2.75) is 70.3 Å². The zero-order valence-corrected chi connectivity index (χ0v) is 23.7. The third kappa shape index (κ3) is 8.59. The molecule has 41 heavy (non-hydrogen) atoms. The first-order valence-corrected chi connectivity index (χ1v) is 14.5. The summed E-state index contributed by atoms with van der Waals surface area (Å²) in [4.78, 5) is 0. The second kappa shape index (κ2) is 15.6. The lowest BCUT2D eigenvalue weighted by molar-refractivity contribution is -0.272. The molecular weight excluding hydrogens is 512 g/mol. The fourth-order valence-corrected chi connectivity index (χ4v) is 5.21. The summed E-state index contributed by atoms with van der Waals surface area (Å²) in [6, 6.07) is 40.9. The third-order valence-electron chi connectivity index (χ3n) is 7.38. The van der Waals surface area contributed by atoms with E-state index >= 15 is 0 Å². The standard InChI is InChI=1S/C36H40O5/c1-2-32-34(38-24-29-17-9-4-10-18-29)36(40-26-31-21-13-6-14-22-31)35(39-25-30-19-11-5-12-20-30)33(41-32)27-37-23-28-15-7-3-8-16-28/h3-22,32-36H,2,23-27H2,1H3/t32-,33+,34-,35+,36+/m0/s1. The van der Waals surface area contributed by atoms with E-state index in [4.69, 9.17) is 23.7 Å². The number of rotatable bonds is 14. The van der Waals surface area contributed by atoms with Crippen LogP contribution in [0.3, 0.4) is 0 Å². The molecule has 0 spiro atoms. The largest absolute Gasteiger partial charge is 0.374 e. The molecule has 0 amide bonds. The maximum atomic E-state index is 6.71. The summed E-state index contributed by atoms with van der Waals surface area (Å²) in [5.41, 5.74) is 4.43. The van der Waals surface area contributed by atoms with Gasteiger partial charge in [-0.05, 0) is 28.7 Å². The van der Waals surface area contributed by atoms with Gasteiger partial charge < -0.3 is 23.7 Å². The van der Waals surface area contributed by atoms with Gasteiger partial charge in [-0.15, -0.1) is 0 Å². The number of hydrogen-bond acceptors (Lipinski definition) is 5. The van der Waals surface area contributed by atoms with Gasteiger partial charge in [0.2, 0.25) is 0 Å². The lowest BCUT2D eigenvalue weighted by Gasteiger charge is -2.46. The van der Waals surface area contributed by atoms with E-state index < -0.39 is 6.10 Å². The van der Waals surface area contributed by atoms with Crippen molar-refractivity contribution in [2.75, 3.05) is 6.61 Å². The first-order valence-electron chi connectivity index (χ1n) is 14.5. The zero-order valence-electron chi connectivity index (χ0n) is 23.7. The number of benzene rings is 4. The molecule has 1 aliphatic heterocycles. The molecule has 0 bridgehead atoms. The van der Waals surface area contributed by atoms with Crippen molar-refractivity contribution in [3.05, 3.63) is 144 Å². The third-order valence-corrected chi connectivity index (χ3v) is 7.38. The summed E-state index contributed by atoms with van der Waals surface area (Å²) in [5.74, 6) is 0. The summed E-state index contributed by atoms with van der Waals surface area (Å²) in [5, 5.41) is 0. The van der Waals surface area contributed by atoms with Crippen LogP contribution in [0.1, 0.15) is 35.6 Å².